The Morgan fingerprint density at radius 3 is 2.61 bits per heavy atom. The Hall–Kier alpha value is -2.30. The minimum atomic E-state index is -0.161. The summed E-state index contributed by atoms with van der Waals surface area (Å²) in [5.74, 6) is -0.161. The van der Waals surface area contributed by atoms with Crippen molar-refractivity contribution in [2.45, 2.75) is 20.8 Å². The molecule has 0 saturated carbocycles. The molecule has 1 aromatic heterocycles. The molecule has 1 heterocycles. The Morgan fingerprint density at radius 2 is 2.06 bits per heavy atom. The number of H-pyrrole nitrogens is 1. The van der Waals surface area contributed by atoms with E-state index in [-0.39, 0.29) is 5.91 Å². The summed E-state index contributed by atoms with van der Waals surface area (Å²) in [4.78, 5) is 12.1. The molecule has 18 heavy (non-hydrogen) atoms. The van der Waals surface area contributed by atoms with Crippen LogP contribution in [0.4, 0.5) is 11.4 Å². The fourth-order valence-electron chi connectivity index (χ4n) is 1.74. The number of carbonyl (C=O) groups excluding carboxylic acids is 1. The second-order valence-corrected chi connectivity index (χ2v) is 4.33. The van der Waals surface area contributed by atoms with E-state index >= 15 is 0 Å². The number of amides is 1. The first-order valence-corrected chi connectivity index (χ1v) is 5.68. The molecule has 0 spiro atoms. The molecule has 2 aromatic rings. The van der Waals surface area contributed by atoms with E-state index in [1.54, 1.807) is 18.2 Å². The van der Waals surface area contributed by atoms with Crippen molar-refractivity contribution in [3.05, 3.63) is 40.7 Å². The van der Waals surface area contributed by atoms with Crippen LogP contribution in [0.3, 0.4) is 0 Å². The summed E-state index contributed by atoms with van der Waals surface area (Å²) in [6.07, 6.45) is 0. The quantitative estimate of drug-likeness (QED) is 0.708. The predicted octanol–water partition coefficient (Wildman–Crippen LogP) is 2.17. The number of nitrogens with two attached hydrogens (primary N) is 1. The number of hydrogen-bond donors (Lipinski definition) is 3. The highest BCUT2D eigenvalue weighted by Crippen LogP contribution is 2.18. The number of aryl methyl sites for hydroxylation is 3. The topological polar surface area (TPSA) is 83.8 Å². The molecule has 0 fully saturated rings. The number of nitrogens with one attached hydrogen (secondary N) is 2. The molecule has 0 atom stereocenters. The maximum Gasteiger partial charge on any atom is 0.255 e. The fourth-order valence-corrected chi connectivity index (χ4v) is 1.74. The largest absolute Gasteiger partial charge is 0.399 e. The number of rotatable bonds is 2. The van der Waals surface area contributed by atoms with Gasteiger partial charge in [-0.3, -0.25) is 9.89 Å². The van der Waals surface area contributed by atoms with E-state index < -0.39 is 0 Å². The third-order valence-corrected chi connectivity index (χ3v) is 2.90. The van der Waals surface area contributed by atoms with Crippen molar-refractivity contribution in [1.29, 1.82) is 0 Å². The molecule has 1 aromatic carbocycles. The van der Waals surface area contributed by atoms with E-state index in [4.69, 9.17) is 5.73 Å². The van der Waals surface area contributed by atoms with Gasteiger partial charge >= 0.3 is 0 Å². The van der Waals surface area contributed by atoms with Crippen molar-refractivity contribution in [1.82, 2.24) is 10.2 Å². The lowest BCUT2D eigenvalue weighted by Gasteiger charge is -2.07. The molecule has 0 aliphatic rings. The number of aromatic nitrogens is 2. The maximum atomic E-state index is 12.1. The first kappa shape index (κ1) is 12.2. The summed E-state index contributed by atoms with van der Waals surface area (Å²) < 4.78 is 0. The number of aromatic amines is 1. The molecule has 0 aliphatic heterocycles. The summed E-state index contributed by atoms with van der Waals surface area (Å²) in [7, 11) is 0. The molecule has 0 radical (unpaired) electrons. The number of nitrogen functional groups attached to an aromatic ring is 1. The van der Waals surface area contributed by atoms with Crippen molar-refractivity contribution in [3.63, 3.8) is 0 Å². The monoisotopic (exact) mass is 244 g/mol. The third-order valence-electron chi connectivity index (χ3n) is 2.90. The summed E-state index contributed by atoms with van der Waals surface area (Å²) in [6, 6.07) is 5.22. The van der Waals surface area contributed by atoms with Crippen LogP contribution < -0.4 is 11.1 Å². The second-order valence-electron chi connectivity index (χ2n) is 4.33. The van der Waals surface area contributed by atoms with Crippen molar-refractivity contribution in [2.24, 2.45) is 0 Å². The van der Waals surface area contributed by atoms with E-state index in [2.05, 4.69) is 15.5 Å². The van der Waals surface area contributed by atoms with Gasteiger partial charge < -0.3 is 11.1 Å². The van der Waals surface area contributed by atoms with E-state index in [1.807, 2.05) is 20.8 Å². The number of carbonyl (C=O) groups is 1. The van der Waals surface area contributed by atoms with Gasteiger partial charge in [0.1, 0.15) is 0 Å². The molecular formula is C13H16N4O. The highest BCUT2D eigenvalue weighted by atomic mass is 16.1. The van der Waals surface area contributed by atoms with E-state index in [1.165, 1.54) is 0 Å². The van der Waals surface area contributed by atoms with Gasteiger partial charge in [-0.25, -0.2) is 0 Å². The van der Waals surface area contributed by atoms with Crippen LogP contribution in [0, 0.1) is 20.8 Å². The zero-order valence-corrected chi connectivity index (χ0v) is 10.7. The van der Waals surface area contributed by atoms with E-state index in [9.17, 15) is 4.79 Å². The summed E-state index contributed by atoms with van der Waals surface area (Å²) in [5.41, 5.74) is 10.2. The van der Waals surface area contributed by atoms with E-state index in [0.717, 1.165) is 22.6 Å². The van der Waals surface area contributed by atoms with Gasteiger partial charge in [0, 0.05) is 11.3 Å². The lowest BCUT2D eigenvalue weighted by Crippen LogP contribution is -2.13. The predicted molar refractivity (Wildman–Crippen MR) is 71.6 cm³/mol. The maximum absolute atomic E-state index is 12.1. The van der Waals surface area contributed by atoms with Crippen LogP contribution in [0.1, 0.15) is 27.3 Å². The number of benzene rings is 1. The molecule has 0 saturated heterocycles. The summed E-state index contributed by atoms with van der Waals surface area (Å²) >= 11 is 0. The molecule has 1 amide bonds. The second kappa shape index (κ2) is 4.52. The van der Waals surface area contributed by atoms with Gasteiger partial charge in [0.15, 0.2) is 0 Å². The minimum Gasteiger partial charge on any atom is -0.399 e. The van der Waals surface area contributed by atoms with Gasteiger partial charge in [0.05, 0.1) is 17.1 Å². The Kier molecular flexibility index (Phi) is 3.06. The average molecular weight is 244 g/mol. The first-order chi connectivity index (χ1) is 8.49. The lowest BCUT2D eigenvalue weighted by atomic mass is 10.1. The van der Waals surface area contributed by atoms with Crippen LogP contribution >= 0.6 is 0 Å². The van der Waals surface area contributed by atoms with Crippen molar-refractivity contribution >= 4 is 17.3 Å². The molecule has 94 valence electrons. The van der Waals surface area contributed by atoms with Crippen LogP contribution in [0.15, 0.2) is 18.2 Å². The van der Waals surface area contributed by atoms with Crippen LogP contribution in [-0.4, -0.2) is 16.1 Å². The van der Waals surface area contributed by atoms with Gasteiger partial charge in [-0.15, -0.1) is 0 Å². The van der Waals surface area contributed by atoms with E-state index in [0.29, 0.717) is 11.3 Å². The number of nitrogens with zero attached hydrogens (tertiary/aromatic N) is 1. The van der Waals surface area contributed by atoms with Gasteiger partial charge in [-0.05, 0) is 44.5 Å². The Balaban J connectivity index is 2.25. The highest BCUT2D eigenvalue weighted by molar-refractivity contribution is 6.05. The fraction of sp³-hybridized carbons (Fsp3) is 0.231. The zero-order valence-electron chi connectivity index (χ0n) is 10.7. The first-order valence-electron chi connectivity index (χ1n) is 5.68. The van der Waals surface area contributed by atoms with Crippen LogP contribution in [-0.2, 0) is 0 Å². The molecule has 4 N–H and O–H groups in total. The molecule has 0 unspecified atom stereocenters. The third kappa shape index (κ3) is 2.20. The number of hydrogen-bond acceptors (Lipinski definition) is 3. The highest BCUT2D eigenvalue weighted by Gasteiger charge is 2.12. The molecule has 5 heteroatoms. The van der Waals surface area contributed by atoms with Crippen molar-refractivity contribution < 1.29 is 4.79 Å². The van der Waals surface area contributed by atoms with Crippen LogP contribution in [0.5, 0.6) is 0 Å². The molecular weight excluding hydrogens is 228 g/mol. The van der Waals surface area contributed by atoms with Crippen molar-refractivity contribution in [2.75, 3.05) is 11.1 Å². The molecule has 5 nitrogen and oxygen atoms in total. The average Bonchev–Trinajstić information content (AvgIpc) is 2.64. The Morgan fingerprint density at radius 1 is 1.33 bits per heavy atom. The van der Waals surface area contributed by atoms with Gasteiger partial charge in [0.25, 0.3) is 5.91 Å². The molecule has 0 aliphatic carbocycles. The minimum absolute atomic E-state index is 0.161. The smallest absolute Gasteiger partial charge is 0.255 e. The molecule has 0 bridgehead atoms. The Bertz CT molecular complexity index is 582. The van der Waals surface area contributed by atoms with Crippen LogP contribution in [0.2, 0.25) is 0 Å². The standard InChI is InChI=1S/C13H16N4O/c1-7-6-10(4-5-11(7)14)13(18)15-12-8(2)16-17-9(12)3/h4-6H,14H2,1-3H3,(H,15,18)(H,16,17). The number of anilines is 2. The molecule has 2 rings (SSSR count). The van der Waals surface area contributed by atoms with Gasteiger partial charge in [-0.2, -0.15) is 5.10 Å². The zero-order chi connectivity index (χ0) is 13.3. The van der Waals surface area contributed by atoms with Gasteiger partial charge in [-0.1, -0.05) is 0 Å². The van der Waals surface area contributed by atoms with Crippen LogP contribution in [0.25, 0.3) is 0 Å². The summed E-state index contributed by atoms with van der Waals surface area (Å²) in [6.45, 7) is 5.58. The van der Waals surface area contributed by atoms with Crippen molar-refractivity contribution in [3.8, 4) is 0 Å². The normalized spacial score (nSPS) is 10.4. The summed E-state index contributed by atoms with van der Waals surface area (Å²) in [5, 5.41) is 9.71. The SMILES string of the molecule is Cc1cc(C(=O)Nc2c(C)n[nH]c2C)ccc1N. The Labute approximate surface area is 105 Å². The lowest BCUT2D eigenvalue weighted by molar-refractivity contribution is 0.102. The van der Waals surface area contributed by atoms with Gasteiger partial charge in [0.2, 0.25) is 0 Å².